The second kappa shape index (κ2) is 14.5. The fourth-order valence-corrected chi connectivity index (χ4v) is 19.6. The Kier molecular flexibility index (Phi) is 8.65. The fraction of sp³-hybridized carbons (Fsp3) is 0. The van der Waals surface area contributed by atoms with Crippen LogP contribution in [0.4, 0.5) is 0 Å². The highest BCUT2D eigenvalue weighted by Gasteiger charge is 2.47. The molecular weight excluding hydrogens is 748 g/mol. The first-order valence-electron chi connectivity index (χ1n) is 20.4. The Morgan fingerprint density at radius 2 is 0.576 bits per heavy atom. The molecule has 11 rings (SSSR count). The average Bonchev–Trinajstić information content (AvgIpc) is 3.31. The summed E-state index contributed by atoms with van der Waals surface area (Å²) in [6.45, 7) is -0.0562. The minimum atomic E-state index is -2.91. The summed E-state index contributed by atoms with van der Waals surface area (Å²) in [7, 11) is -5.74. The van der Waals surface area contributed by atoms with Crippen LogP contribution < -0.4 is 67.4 Å². The maximum Gasteiger partial charge on any atom is 0.260 e. The molecule has 2 nitrogen and oxygen atoms in total. The molecule has 0 fully saturated rings. The largest absolute Gasteiger partial charge is 0.458 e. The highest BCUT2D eigenvalue weighted by atomic mass is 28.3. The van der Waals surface area contributed by atoms with Gasteiger partial charge in [0, 0.05) is 5.46 Å². The zero-order valence-electron chi connectivity index (χ0n) is 32.4. The molecule has 9 aromatic rings. The van der Waals surface area contributed by atoms with Crippen LogP contribution in [0.1, 0.15) is 0 Å². The molecule has 0 saturated heterocycles. The number of fused-ring (bicyclic) bond motifs is 4. The lowest BCUT2D eigenvalue weighted by molar-refractivity contribution is 0.465. The van der Waals surface area contributed by atoms with Crippen molar-refractivity contribution in [1.29, 1.82) is 0 Å². The van der Waals surface area contributed by atoms with Crippen molar-refractivity contribution in [1.82, 2.24) is 0 Å². The molecule has 0 bridgehead atoms. The summed E-state index contributed by atoms with van der Waals surface area (Å²) in [4.78, 5) is 0. The number of hydrogen-bond acceptors (Lipinski definition) is 2. The topological polar surface area (TPSA) is 18.5 Å². The molecule has 2 aliphatic heterocycles. The molecule has 2 aliphatic rings. The predicted molar refractivity (Wildman–Crippen MR) is 251 cm³/mol. The Morgan fingerprint density at radius 3 is 1.00 bits per heavy atom. The van der Waals surface area contributed by atoms with Gasteiger partial charge in [-0.1, -0.05) is 212 Å². The van der Waals surface area contributed by atoms with Gasteiger partial charge in [-0.2, -0.15) is 0 Å². The van der Waals surface area contributed by atoms with E-state index in [0.717, 1.165) is 39.4 Å². The van der Waals surface area contributed by atoms with Gasteiger partial charge in [0.2, 0.25) is 0 Å². The van der Waals surface area contributed by atoms with E-state index in [1.165, 1.54) is 41.5 Å². The van der Waals surface area contributed by atoms with Gasteiger partial charge in [-0.05, 0) is 76.7 Å². The van der Waals surface area contributed by atoms with Gasteiger partial charge in [0.1, 0.15) is 23.0 Å². The van der Waals surface area contributed by atoms with Crippen molar-refractivity contribution in [2.24, 2.45) is 0 Å². The van der Waals surface area contributed by atoms with E-state index in [0.29, 0.717) is 0 Å². The molecule has 0 N–H and O–H groups in total. The van der Waals surface area contributed by atoms with Crippen LogP contribution in [0.15, 0.2) is 237 Å². The second-order valence-corrected chi connectivity index (χ2v) is 23.1. The van der Waals surface area contributed by atoms with Crippen molar-refractivity contribution in [3.63, 3.8) is 0 Å². The maximum absolute atomic E-state index is 7.39. The summed E-state index contributed by atoms with van der Waals surface area (Å²) in [6.07, 6.45) is 0. The van der Waals surface area contributed by atoms with E-state index in [9.17, 15) is 0 Å². The van der Waals surface area contributed by atoms with Gasteiger partial charge < -0.3 is 9.47 Å². The van der Waals surface area contributed by atoms with Crippen LogP contribution in [0.25, 0.3) is 0 Å². The third kappa shape index (κ3) is 5.54. The van der Waals surface area contributed by atoms with Gasteiger partial charge >= 0.3 is 0 Å². The first kappa shape index (κ1) is 35.3. The molecule has 0 unspecified atom stereocenters. The molecular formula is C54H39BO2Si2. The van der Waals surface area contributed by atoms with E-state index in [4.69, 9.17) is 9.47 Å². The third-order valence-electron chi connectivity index (χ3n) is 12.5. The highest BCUT2D eigenvalue weighted by Crippen LogP contribution is 2.34. The first-order chi connectivity index (χ1) is 29.3. The summed E-state index contributed by atoms with van der Waals surface area (Å²) >= 11 is 0. The lowest BCUT2D eigenvalue weighted by Crippen LogP contribution is -2.75. The average molecular weight is 787 g/mol. The van der Waals surface area contributed by atoms with Crippen LogP contribution in [-0.2, 0) is 0 Å². The predicted octanol–water partition coefficient (Wildman–Crippen LogP) is 5.17. The standard InChI is InChI=1S/C54H39BO2Si2/c1-7-21-40(22-8-1)58(41-23-9-2-10-24-41,42-25-11-3-12-26-42)46-35-36-49-51(37-46)57-53-39-47(38-52-54(53)55(49)48-33-19-20-34-50(48)56-52)59(43-27-13-4-14-28-43,44-29-15-5-16-30-44)45-31-17-6-18-32-45/h1-39H. The van der Waals surface area contributed by atoms with Gasteiger partial charge in [-0.3, -0.25) is 0 Å². The number of para-hydroxylation sites is 1. The van der Waals surface area contributed by atoms with Gasteiger partial charge in [-0.15, -0.1) is 0 Å². The van der Waals surface area contributed by atoms with Gasteiger partial charge in [0.25, 0.3) is 6.71 Å². The Balaban J connectivity index is 1.19. The van der Waals surface area contributed by atoms with Crippen molar-refractivity contribution in [2.75, 3.05) is 0 Å². The second-order valence-electron chi connectivity index (χ2n) is 15.5. The molecule has 2 heterocycles. The molecule has 9 aromatic carbocycles. The molecule has 278 valence electrons. The van der Waals surface area contributed by atoms with E-state index in [1.54, 1.807) is 0 Å². The Hall–Kier alpha value is -6.92. The molecule has 59 heavy (non-hydrogen) atoms. The Morgan fingerprint density at radius 1 is 0.254 bits per heavy atom. The molecule has 0 aromatic heterocycles. The summed E-state index contributed by atoms with van der Waals surface area (Å²) in [6, 6.07) is 86.8. The SMILES string of the molecule is c1ccc([Si](c2ccccc2)(c2ccccc2)c2ccc3c(c2)Oc2cc([Si](c4ccccc4)(c4ccccc4)c4ccccc4)cc4c2B3c2ccccc2O4)cc1. The summed E-state index contributed by atoms with van der Waals surface area (Å²) < 4.78 is 14.4. The molecule has 0 saturated carbocycles. The van der Waals surface area contributed by atoms with E-state index >= 15 is 0 Å². The number of rotatable bonds is 8. The molecule has 0 radical (unpaired) electrons. The number of hydrogen-bond donors (Lipinski definition) is 0. The van der Waals surface area contributed by atoms with Gasteiger partial charge in [0.15, 0.2) is 16.1 Å². The van der Waals surface area contributed by atoms with Crippen molar-refractivity contribution >= 4 is 80.7 Å². The lowest BCUT2D eigenvalue weighted by atomic mass is 9.35. The Bertz CT molecular complexity index is 2740. The van der Waals surface area contributed by atoms with E-state index in [1.807, 2.05) is 0 Å². The zero-order chi connectivity index (χ0) is 39.2. The zero-order valence-corrected chi connectivity index (χ0v) is 34.4. The summed E-state index contributed by atoms with van der Waals surface area (Å²) in [5.74, 6) is 3.49. The summed E-state index contributed by atoms with van der Waals surface area (Å²) in [5.41, 5.74) is 3.39. The molecule has 0 amide bonds. The van der Waals surface area contributed by atoms with Crippen LogP contribution in [0, 0.1) is 0 Å². The fourth-order valence-electron chi connectivity index (χ4n) is 10.0. The van der Waals surface area contributed by atoms with Crippen LogP contribution in [0.5, 0.6) is 23.0 Å². The van der Waals surface area contributed by atoms with Crippen molar-refractivity contribution in [3.8, 4) is 23.0 Å². The summed E-state index contributed by atoms with van der Waals surface area (Å²) in [5, 5.41) is 10.4. The van der Waals surface area contributed by atoms with Crippen LogP contribution in [0.2, 0.25) is 0 Å². The third-order valence-corrected chi connectivity index (χ3v) is 22.0. The minimum absolute atomic E-state index is 0.0562. The lowest BCUT2D eigenvalue weighted by Gasteiger charge is -2.39. The normalized spacial score (nSPS) is 12.6. The molecule has 0 atom stereocenters. The van der Waals surface area contributed by atoms with Gasteiger partial charge in [-0.25, -0.2) is 0 Å². The monoisotopic (exact) mass is 786 g/mol. The van der Waals surface area contributed by atoms with E-state index < -0.39 is 16.1 Å². The highest BCUT2D eigenvalue weighted by molar-refractivity contribution is 7.20. The van der Waals surface area contributed by atoms with E-state index in [-0.39, 0.29) is 6.71 Å². The van der Waals surface area contributed by atoms with Crippen molar-refractivity contribution in [3.05, 3.63) is 237 Å². The van der Waals surface area contributed by atoms with Crippen molar-refractivity contribution < 1.29 is 9.47 Å². The van der Waals surface area contributed by atoms with Gasteiger partial charge in [0.05, 0.1) is 0 Å². The number of ether oxygens (including phenoxy) is 2. The first-order valence-corrected chi connectivity index (χ1v) is 24.4. The Labute approximate surface area is 348 Å². The maximum atomic E-state index is 7.39. The smallest absolute Gasteiger partial charge is 0.260 e. The minimum Gasteiger partial charge on any atom is -0.458 e. The van der Waals surface area contributed by atoms with Crippen LogP contribution in [0.3, 0.4) is 0 Å². The quantitative estimate of drug-likeness (QED) is 0.157. The molecule has 0 spiro atoms. The van der Waals surface area contributed by atoms with Crippen LogP contribution in [-0.4, -0.2) is 22.9 Å². The number of benzene rings is 9. The van der Waals surface area contributed by atoms with Crippen LogP contribution >= 0.6 is 0 Å². The van der Waals surface area contributed by atoms with E-state index in [2.05, 4.69) is 237 Å². The molecule has 0 aliphatic carbocycles. The van der Waals surface area contributed by atoms with Crippen molar-refractivity contribution in [2.45, 2.75) is 0 Å². The molecule has 5 heteroatoms.